The Hall–Kier alpha value is -2.60. The summed E-state index contributed by atoms with van der Waals surface area (Å²) in [7, 11) is 0. The SMILES string of the molecule is Cc1cc(C(=O)N(CCC(=O)N2CCc3ccccc3C2)CC2CCCO2)c(C)o1. The Balaban J connectivity index is 1.42. The van der Waals surface area contributed by atoms with E-state index in [9.17, 15) is 9.59 Å². The van der Waals surface area contributed by atoms with Gasteiger partial charge in [0.15, 0.2) is 0 Å². The lowest BCUT2D eigenvalue weighted by Crippen LogP contribution is -2.42. The quantitative estimate of drug-likeness (QED) is 0.731. The van der Waals surface area contributed by atoms with Gasteiger partial charge in [-0.1, -0.05) is 24.3 Å². The van der Waals surface area contributed by atoms with Gasteiger partial charge in [0.25, 0.3) is 5.91 Å². The van der Waals surface area contributed by atoms with Gasteiger partial charge >= 0.3 is 0 Å². The maximum Gasteiger partial charge on any atom is 0.257 e. The number of hydrogen-bond donors (Lipinski definition) is 0. The molecule has 1 atom stereocenters. The van der Waals surface area contributed by atoms with Crippen molar-refractivity contribution >= 4 is 11.8 Å². The van der Waals surface area contributed by atoms with Crippen molar-refractivity contribution in [2.24, 2.45) is 0 Å². The predicted octanol–water partition coefficient (Wildman–Crippen LogP) is 3.49. The summed E-state index contributed by atoms with van der Waals surface area (Å²) in [5.74, 6) is 1.34. The van der Waals surface area contributed by atoms with Crippen molar-refractivity contribution in [3.8, 4) is 0 Å². The Kier molecular flexibility index (Phi) is 6.23. The summed E-state index contributed by atoms with van der Waals surface area (Å²) in [5, 5.41) is 0. The van der Waals surface area contributed by atoms with Crippen LogP contribution < -0.4 is 0 Å². The van der Waals surface area contributed by atoms with Crippen LogP contribution in [0.2, 0.25) is 0 Å². The van der Waals surface area contributed by atoms with Gasteiger partial charge in [-0.2, -0.15) is 0 Å². The molecular formula is C24H30N2O4. The highest BCUT2D eigenvalue weighted by Crippen LogP contribution is 2.21. The molecule has 0 N–H and O–H groups in total. The third-order valence-electron chi connectivity index (χ3n) is 6.09. The number of ether oxygens (including phenoxy) is 1. The Morgan fingerprint density at radius 1 is 1.20 bits per heavy atom. The van der Waals surface area contributed by atoms with E-state index < -0.39 is 0 Å². The average molecular weight is 411 g/mol. The first-order valence-electron chi connectivity index (χ1n) is 10.8. The minimum absolute atomic E-state index is 0.0409. The van der Waals surface area contributed by atoms with Crippen molar-refractivity contribution in [3.05, 3.63) is 58.5 Å². The van der Waals surface area contributed by atoms with E-state index in [1.54, 1.807) is 17.9 Å². The minimum Gasteiger partial charge on any atom is -0.466 e. The Morgan fingerprint density at radius 3 is 2.70 bits per heavy atom. The molecule has 1 fully saturated rings. The second kappa shape index (κ2) is 9.04. The topological polar surface area (TPSA) is 63.0 Å². The van der Waals surface area contributed by atoms with Crippen LogP contribution in [0.4, 0.5) is 0 Å². The molecule has 1 aromatic carbocycles. The number of furan rings is 1. The van der Waals surface area contributed by atoms with Crippen molar-refractivity contribution in [3.63, 3.8) is 0 Å². The molecule has 0 radical (unpaired) electrons. The molecule has 2 amide bonds. The maximum atomic E-state index is 13.2. The van der Waals surface area contributed by atoms with Crippen LogP contribution in [0.3, 0.4) is 0 Å². The zero-order chi connectivity index (χ0) is 21.1. The van der Waals surface area contributed by atoms with Gasteiger partial charge in [-0.15, -0.1) is 0 Å². The Morgan fingerprint density at radius 2 is 2.00 bits per heavy atom. The first-order chi connectivity index (χ1) is 14.5. The highest BCUT2D eigenvalue weighted by atomic mass is 16.5. The van der Waals surface area contributed by atoms with E-state index in [0.29, 0.717) is 37.4 Å². The zero-order valence-electron chi connectivity index (χ0n) is 17.9. The van der Waals surface area contributed by atoms with E-state index in [4.69, 9.17) is 9.15 Å². The molecule has 6 nitrogen and oxygen atoms in total. The van der Waals surface area contributed by atoms with Gasteiger partial charge in [0.05, 0.1) is 11.7 Å². The number of carbonyl (C=O) groups is 2. The molecular weight excluding hydrogens is 380 g/mol. The molecule has 0 aliphatic carbocycles. The van der Waals surface area contributed by atoms with Gasteiger partial charge in [0.2, 0.25) is 5.91 Å². The van der Waals surface area contributed by atoms with Crippen LogP contribution in [-0.4, -0.2) is 54.0 Å². The summed E-state index contributed by atoms with van der Waals surface area (Å²) in [5.41, 5.74) is 3.11. The van der Waals surface area contributed by atoms with E-state index in [2.05, 4.69) is 12.1 Å². The van der Waals surface area contributed by atoms with Crippen molar-refractivity contribution in [2.45, 2.75) is 52.2 Å². The molecule has 6 heteroatoms. The van der Waals surface area contributed by atoms with E-state index in [0.717, 1.165) is 38.2 Å². The maximum absolute atomic E-state index is 13.2. The summed E-state index contributed by atoms with van der Waals surface area (Å²) in [6.07, 6.45) is 3.20. The van der Waals surface area contributed by atoms with Gasteiger partial charge in [0, 0.05) is 39.2 Å². The van der Waals surface area contributed by atoms with Crippen LogP contribution in [0.25, 0.3) is 0 Å². The third-order valence-corrected chi connectivity index (χ3v) is 6.09. The third kappa shape index (κ3) is 4.59. The largest absolute Gasteiger partial charge is 0.466 e. The van der Waals surface area contributed by atoms with E-state index in [-0.39, 0.29) is 17.9 Å². The number of carbonyl (C=O) groups excluding carboxylic acids is 2. The van der Waals surface area contributed by atoms with Crippen molar-refractivity contribution < 1.29 is 18.7 Å². The molecule has 0 spiro atoms. The summed E-state index contributed by atoms with van der Waals surface area (Å²) in [6, 6.07) is 10.1. The Bertz CT molecular complexity index is 914. The summed E-state index contributed by atoms with van der Waals surface area (Å²) >= 11 is 0. The van der Waals surface area contributed by atoms with Gasteiger partial charge < -0.3 is 19.0 Å². The molecule has 0 saturated carbocycles. The van der Waals surface area contributed by atoms with Crippen LogP contribution in [0.1, 0.15) is 52.3 Å². The number of rotatable bonds is 6. The van der Waals surface area contributed by atoms with Crippen LogP contribution >= 0.6 is 0 Å². The molecule has 2 aromatic rings. The molecule has 2 aliphatic rings. The average Bonchev–Trinajstić information content (AvgIpc) is 3.38. The summed E-state index contributed by atoms with van der Waals surface area (Å²) in [6.45, 7) is 6.66. The number of amides is 2. The lowest BCUT2D eigenvalue weighted by molar-refractivity contribution is -0.132. The van der Waals surface area contributed by atoms with Crippen LogP contribution in [0.15, 0.2) is 34.7 Å². The van der Waals surface area contributed by atoms with Crippen LogP contribution in [-0.2, 0) is 22.5 Å². The summed E-state index contributed by atoms with van der Waals surface area (Å²) in [4.78, 5) is 29.8. The Labute approximate surface area is 177 Å². The van der Waals surface area contributed by atoms with Crippen LogP contribution in [0, 0.1) is 13.8 Å². The fraction of sp³-hybridized carbons (Fsp3) is 0.500. The molecule has 1 unspecified atom stereocenters. The second-order valence-electron chi connectivity index (χ2n) is 8.30. The van der Waals surface area contributed by atoms with Crippen molar-refractivity contribution in [1.82, 2.24) is 9.80 Å². The van der Waals surface area contributed by atoms with Gasteiger partial charge in [-0.25, -0.2) is 0 Å². The number of aryl methyl sites for hydroxylation is 2. The number of hydrogen-bond acceptors (Lipinski definition) is 4. The molecule has 4 rings (SSSR count). The first kappa shape index (κ1) is 20.7. The summed E-state index contributed by atoms with van der Waals surface area (Å²) < 4.78 is 11.3. The standard InChI is InChI=1S/C24H30N2O4/c1-17-14-22(18(2)30-17)24(28)26(16-21-8-5-13-29-21)12-10-23(27)25-11-9-19-6-3-4-7-20(19)15-25/h3-4,6-7,14,21H,5,8-13,15-16H2,1-2H3. The second-order valence-corrected chi connectivity index (χ2v) is 8.30. The van der Waals surface area contributed by atoms with E-state index >= 15 is 0 Å². The lowest BCUT2D eigenvalue weighted by atomic mass is 10.00. The minimum atomic E-state index is -0.0864. The number of fused-ring (bicyclic) bond motifs is 1. The normalized spacial score (nSPS) is 18.3. The molecule has 160 valence electrons. The monoisotopic (exact) mass is 410 g/mol. The number of benzene rings is 1. The molecule has 2 aliphatic heterocycles. The molecule has 30 heavy (non-hydrogen) atoms. The van der Waals surface area contributed by atoms with Gasteiger partial charge in [-0.05, 0) is 50.3 Å². The molecule has 3 heterocycles. The number of nitrogens with zero attached hydrogens (tertiary/aromatic N) is 2. The van der Waals surface area contributed by atoms with Gasteiger partial charge in [-0.3, -0.25) is 9.59 Å². The smallest absolute Gasteiger partial charge is 0.257 e. The highest BCUT2D eigenvalue weighted by Gasteiger charge is 2.27. The van der Waals surface area contributed by atoms with Crippen molar-refractivity contribution in [1.29, 1.82) is 0 Å². The fourth-order valence-electron chi connectivity index (χ4n) is 4.42. The zero-order valence-corrected chi connectivity index (χ0v) is 17.9. The predicted molar refractivity (Wildman–Crippen MR) is 113 cm³/mol. The molecule has 0 bridgehead atoms. The van der Waals surface area contributed by atoms with Crippen molar-refractivity contribution in [2.75, 3.05) is 26.2 Å². The fourth-order valence-corrected chi connectivity index (χ4v) is 4.42. The van der Waals surface area contributed by atoms with E-state index in [1.807, 2.05) is 24.0 Å². The molecule has 1 aromatic heterocycles. The molecule has 1 saturated heterocycles. The first-order valence-corrected chi connectivity index (χ1v) is 10.8. The van der Waals surface area contributed by atoms with E-state index in [1.165, 1.54) is 11.1 Å². The van der Waals surface area contributed by atoms with Crippen LogP contribution in [0.5, 0.6) is 0 Å². The van der Waals surface area contributed by atoms with Gasteiger partial charge in [0.1, 0.15) is 11.5 Å². The highest BCUT2D eigenvalue weighted by molar-refractivity contribution is 5.95. The lowest BCUT2D eigenvalue weighted by Gasteiger charge is -2.30.